The average Bonchev–Trinajstić information content (AvgIpc) is 2.36. The third kappa shape index (κ3) is 2.79. The number of rotatable bonds is 1. The highest BCUT2D eigenvalue weighted by atomic mass is 16.3. The molecule has 1 aliphatic rings. The van der Waals surface area contributed by atoms with Gasteiger partial charge in [-0.15, -0.1) is 0 Å². The third-order valence-electron chi connectivity index (χ3n) is 3.36. The Morgan fingerprint density at radius 3 is 2.41 bits per heavy atom. The summed E-state index contributed by atoms with van der Waals surface area (Å²) in [6.07, 6.45) is 0. The second-order valence-corrected chi connectivity index (χ2v) is 5.83. The maximum absolute atomic E-state index is 10.3. The summed E-state index contributed by atoms with van der Waals surface area (Å²) in [4.78, 5) is 2.28. The highest BCUT2D eigenvalue weighted by Crippen LogP contribution is 2.27. The van der Waals surface area contributed by atoms with E-state index >= 15 is 0 Å². The fourth-order valence-corrected chi connectivity index (χ4v) is 2.39. The van der Waals surface area contributed by atoms with Crippen LogP contribution in [0.1, 0.15) is 20.8 Å². The van der Waals surface area contributed by atoms with Crippen molar-refractivity contribution in [2.75, 3.05) is 24.5 Å². The van der Waals surface area contributed by atoms with Gasteiger partial charge in [-0.1, -0.05) is 18.2 Å². The zero-order valence-corrected chi connectivity index (χ0v) is 10.9. The van der Waals surface area contributed by atoms with Gasteiger partial charge < -0.3 is 15.3 Å². The second kappa shape index (κ2) is 4.31. The van der Waals surface area contributed by atoms with E-state index in [1.54, 1.807) is 0 Å². The summed E-state index contributed by atoms with van der Waals surface area (Å²) in [6, 6.07) is 10.3. The lowest BCUT2D eigenvalue weighted by Gasteiger charge is -2.40. The molecule has 0 aromatic heterocycles. The van der Waals surface area contributed by atoms with Crippen LogP contribution in [0.15, 0.2) is 30.3 Å². The van der Waals surface area contributed by atoms with Gasteiger partial charge in [0.05, 0.1) is 5.60 Å². The van der Waals surface area contributed by atoms with Gasteiger partial charge in [-0.3, -0.25) is 0 Å². The van der Waals surface area contributed by atoms with E-state index in [-0.39, 0.29) is 5.54 Å². The smallest absolute Gasteiger partial charge is 0.0917 e. The molecule has 1 aliphatic heterocycles. The van der Waals surface area contributed by atoms with Crippen molar-refractivity contribution in [2.45, 2.75) is 31.9 Å². The second-order valence-electron chi connectivity index (χ2n) is 5.83. The van der Waals surface area contributed by atoms with E-state index in [1.807, 2.05) is 25.1 Å². The highest BCUT2D eigenvalue weighted by molar-refractivity contribution is 5.49. The van der Waals surface area contributed by atoms with E-state index < -0.39 is 5.60 Å². The topological polar surface area (TPSA) is 35.5 Å². The number of β-amino-alcohol motifs (C(OH)–C–C–N with tert-alkyl or cyclic N) is 1. The molecule has 2 rings (SSSR count). The predicted molar refractivity (Wildman–Crippen MR) is 71.4 cm³/mol. The summed E-state index contributed by atoms with van der Waals surface area (Å²) in [5, 5.41) is 13.7. The van der Waals surface area contributed by atoms with Crippen molar-refractivity contribution in [1.29, 1.82) is 0 Å². The van der Waals surface area contributed by atoms with E-state index in [0.717, 1.165) is 6.54 Å². The van der Waals surface area contributed by atoms with E-state index in [9.17, 15) is 5.11 Å². The molecule has 0 spiro atoms. The summed E-state index contributed by atoms with van der Waals surface area (Å²) < 4.78 is 0. The Labute approximate surface area is 103 Å². The minimum atomic E-state index is -0.691. The average molecular weight is 234 g/mol. The Kier molecular flexibility index (Phi) is 3.15. The predicted octanol–water partition coefficient (Wildman–Crippen LogP) is 1.63. The van der Waals surface area contributed by atoms with Crippen LogP contribution in [0.3, 0.4) is 0 Å². The summed E-state index contributed by atoms with van der Waals surface area (Å²) in [7, 11) is 0. The Morgan fingerprint density at radius 1 is 1.12 bits per heavy atom. The van der Waals surface area contributed by atoms with E-state index in [1.165, 1.54) is 5.69 Å². The van der Waals surface area contributed by atoms with Gasteiger partial charge in [0.1, 0.15) is 0 Å². The van der Waals surface area contributed by atoms with Crippen LogP contribution >= 0.6 is 0 Å². The Balaban J connectivity index is 2.33. The van der Waals surface area contributed by atoms with E-state index in [2.05, 4.69) is 36.2 Å². The number of anilines is 1. The van der Waals surface area contributed by atoms with Gasteiger partial charge in [0.25, 0.3) is 0 Å². The Bertz CT molecular complexity index is 373. The van der Waals surface area contributed by atoms with Gasteiger partial charge in [-0.05, 0) is 32.9 Å². The van der Waals surface area contributed by atoms with Crippen LogP contribution in [0.25, 0.3) is 0 Å². The van der Waals surface area contributed by atoms with Crippen LogP contribution < -0.4 is 10.2 Å². The molecule has 1 atom stereocenters. The van der Waals surface area contributed by atoms with Crippen LogP contribution in [-0.4, -0.2) is 35.9 Å². The van der Waals surface area contributed by atoms with Crippen molar-refractivity contribution in [3.05, 3.63) is 30.3 Å². The van der Waals surface area contributed by atoms with Crippen molar-refractivity contribution in [1.82, 2.24) is 5.32 Å². The zero-order valence-electron chi connectivity index (χ0n) is 10.9. The van der Waals surface area contributed by atoms with Crippen LogP contribution in [-0.2, 0) is 0 Å². The molecule has 1 aromatic rings. The minimum absolute atomic E-state index is 0.00183. The number of aliphatic hydroxyl groups is 1. The molecule has 1 unspecified atom stereocenters. The van der Waals surface area contributed by atoms with Crippen LogP contribution in [0.2, 0.25) is 0 Å². The molecule has 0 saturated carbocycles. The molecule has 1 fully saturated rings. The van der Waals surface area contributed by atoms with Crippen LogP contribution in [0.4, 0.5) is 5.69 Å². The monoisotopic (exact) mass is 234 g/mol. The third-order valence-corrected chi connectivity index (χ3v) is 3.36. The van der Waals surface area contributed by atoms with E-state index in [4.69, 9.17) is 0 Å². The molecular formula is C14H22N2O. The van der Waals surface area contributed by atoms with E-state index in [0.29, 0.717) is 13.1 Å². The number of nitrogens with one attached hydrogen (secondary N) is 1. The molecule has 0 bridgehead atoms. The summed E-state index contributed by atoms with van der Waals surface area (Å²) in [5.74, 6) is 0. The fourth-order valence-electron chi connectivity index (χ4n) is 2.39. The standard InChI is InChI=1S/C14H22N2O/c1-13(2)9-15-10-14(3,17)11-16(13)12-7-5-4-6-8-12/h4-8,15,17H,9-11H2,1-3H3. The van der Waals surface area contributed by atoms with Gasteiger partial charge in [-0.25, -0.2) is 0 Å². The lowest BCUT2D eigenvalue weighted by molar-refractivity contribution is 0.0720. The van der Waals surface area contributed by atoms with Crippen molar-refractivity contribution in [2.24, 2.45) is 0 Å². The van der Waals surface area contributed by atoms with Crippen molar-refractivity contribution >= 4 is 5.69 Å². The number of para-hydroxylation sites is 1. The first-order valence-electron chi connectivity index (χ1n) is 6.17. The minimum Gasteiger partial charge on any atom is -0.387 e. The Hall–Kier alpha value is -1.06. The van der Waals surface area contributed by atoms with Crippen molar-refractivity contribution < 1.29 is 5.11 Å². The molecule has 2 N–H and O–H groups in total. The number of benzene rings is 1. The lowest BCUT2D eigenvalue weighted by Crippen LogP contribution is -2.51. The first-order valence-corrected chi connectivity index (χ1v) is 6.17. The normalized spacial score (nSPS) is 28.8. The number of hydrogen-bond acceptors (Lipinski definition) is 3. The van der Waals surface area contributed by atoms with Crippen molar-refractivity contribution in [3.8, 4) is 0 Å². The Morgan fingerprint density at radius 2 is 1.76 bits per heavy atom. The lowest BCUT2D eigenvalue weighted by atomic mass is 10.00. The first kappa shape index (κ1) is 12.4. The SMILES string of the molecule is CC1(O)CNCC(C)(C)N(c2ccccc2)C1. The van der Waals surface area contributed by atoms with Crippen LogP contribution in [0.5, 0.6) is 0 Å². The molecule has 94 valence electrons. The van der Waals surface area contributed by atoms with Gasteiger partial charge in [0.15, 0.2) is 0 Å². The molecule has 3 nitrogen and oxygen atoms in total. The molecule has 1 saturated heterocycles. The highest BCUT2D eigenvalue weighted by Gasteiger charge is 2.36. The van der Waals surface area contributed by atoms with Gasteiger partial charge >= 0.3 is 0 Å². The van der Waals surface area contributed by atoms with Crippen LogP contribution in [0, 0.1) is 0 Å². The molecular weight excluding hydrogens is 212 g/mol. The molecule has 0 amide bonds. The van der Waals surface area contributed by atoms with Gasteiger partial charge in [0.2, 0.25) is 0 Å². The summed E-state index contributed by atoms with van der Waals surface area (Å²) >= 11 is 0. The molecule has 0 aliphatic carbocycles. The number of hydrogen-bond donors (Lipinski definition) is 2. The largest absolute Gasteiger partial charge is 0.387 e. The maximum atomic E-state index is 10.3. The maximum Gasteiger partial charge on any atom is 0.0917 e. The molecule has 1 heterocycles. The molecule has 3 heteroatoms. The quantitative estimate of drug-likeness (QED) is 0.775. The number of nitrogens with zero attached hydrogens (tertiary/aromatic N) is 1. The summed E-state index contributed by atoms with van der Waals surface area (Å²) in [6.45, 7) is 8.45. The molecule has 17 heavy (non-hydrogen) atoms. The van der Waals surface area contributed by atoms with Gasteiger partial charge in [-0.2, -0.15) is 0 Å². The fraction of sp³-hybridized carbons (Fsp3) is 0.571. The summed E-state index contributed by atoms with van der Waals surface area (Å²) in [5.41, 5.74) is 0.479. The zero-order chi connectivity index (χ0) is 12.5. The first-order chi connectivity index (χ1) is 7.91. The van der Waals surface area contributed by atoms with Crippen molar-refractivity contribution in [3.63, 3.8) is 0 Å². The molecule has 0 radical (unpaired) electrons. The van der Waals surface area contributed by atoms with Gasteiger partial charge in [0, 0.05) is 30.9 Å². The molecule has 1 aromatic carbocycles.